The van der Waals surface area contributed by atoms with Gasteiger partial charge in [0.15, 0.2) is 0 Å². The van der Waals surface area contributed by atoms with Crippen molar-refractivity contribution in [3.8, 4) is 0 Å². The summed E-state index contributed by atoms with van der Waals surface area (Å²) in [4.78, 5) is 22.9. The zero-order valence-corrected chi connectivity index (χ0v) is 16.1. The van der Waals surface area contributed by atoms with Gasteiger partial charge in [0.1, 0.15) is 12.1 Å². The average molecular weight is 370 g/mol. The quantitative estimate of drug-likeness (QED) is 0.695. The zero-order chi connectivity index (χ0) is 19.8. The van der Waals surface area contributed by atoms with Crippen LogP contribution in [0.3, 0.4) is 0 Å². The van der Waals surface area contributed by atoms with E-state index < -0.39 is 12.1 Å². The first kappa shape index (κ1) is 20.3. The van der Waals surface area contributed by atoms with Crippen LogP contribution in [-0.4, -0.2) is 38.2 Å². The molecule has 2 atom stereocenters. The summed E-state index contributed by atoms with van der Waals surface area (Å²) in [5, 5.41) is 6.21. The van der Waals surface area contributed by atoms with E-state index in [1.165, 1.54) is 14.2 Å². The fraction of sp³-hybridized carbons (Fsp3) is 0.333. The van der Waals surface area contributed by atoms with Crippen molar-refractivity contribution in [3.63, 3.8) is 0 Å². The van der Waals surface area contributed by atoms with Crippen molar-refractivity contribution in [2.45, 2.75) is 32.4 Å². The van der Waals surface area contributed by atoms with Crippen molar-refractivity contribution in [1.82, 2.24) is 0 Å². The van der Waals surface area contributed by atoms with E-state index in [2.05, 4.69) is 10.6 Å². The van der Waals surface area contributed by atoms with E-state index in [1.54, 1.807) is 13.8 Å². The van der Waals surface area contributed by atoms with E-state index in [4.69, 9.17) is 9.47 Å². The van der Waals surface area contributed by atoms with Gasteiger partial charge < -0.3 is 20.1 Å². The first-order chi connectivity index (χ1) is 12.9. The third kappa shape index (κ3) is 6.02. The SMILES string of the molecule is COC(=O)[C@@H](C)Nc1ccc(Cc2ccc(N[C@H](C)C(=O)OC)cc2)cc1. The largest absolute Gasteiger partial charge is 0.467 e. The predicted octanol–water partition coefficient (Wildman–Crippen LogP) is 3.22. The molecule has 0 amide bonds. The molecule has 0 aliphatic heterocycles. The van der Waals surface area contributed by atoms with Crippen molar-refractivity contribution in [2.24, 2.45) is 0 Å². The first-order valence-electron chi connectivity index (χ1n) is 8.79. The number of esters is 2. The van der Waals surface area contributed by atoms with Crippen LogP contribution in [0.4, 0.5) is 11.4 Å². The van der Waals surface area contributed by atoms with Gasteiger partial charge in [-0.15, -0.1) is 0 Å². The molecule has 0 aromatic heterocycles. The van der Waals surface area contributed by atoms with E-state index in [1.807, 2.05) is 48.5 Å². The number of ether oxygens (including phenoxy) is 2. The molecule has 0 unspecified atom stereocenters. The summed E-state index contributed by atoms with van der Waals surface area (Å²) in [5.41, 5.74) is 4.06. The maximum absolute atomic E-state index is 11.5. The molecular weight excluding hydrogens is 344 g/mol. The molecule has 2 aromatic rings. The highest BCUT2D eigenvalue weighted by atomic mass is 16.5. The number of anilines is 2. The van der Waals surface area contributed by atoms with Crippen LogP contribution in [0.15, 0.2) is 48.5 Å². The Balaban J connectivity index is 1.93. The Morgan fingerprint density at radius 3 is 1.37 bits per heavy atom. The topological polar surface area (TPSA) is 76.7 Å². The minimum absolute atomic E-state index is 0.297. The Morgan fingerprint density at radius 2 is 1.07 bits per heavy atom. The van der Waals surface area contributed by atoms with Crippen molar-refractivity contribution < 1.29 is 19.1 Å². The van der Waals surface area contributed by atoms with Crippen LogP contribution >= 0.6 is 0 Å². The summed E-state index contributed by atoms with van der Waals surface area (Å²) >= 11 is 0. The summed E-state index contributed by atoms with van der Waals surface area (Å²) in [6.45, 7) is 3.52. The minimum atomic E-state index is -0.395. The van der Waals surface area contributed by atoms with Crippen molar-refractivity contribution in [3.05, 3.63) is 59.7 Å². The highest BCUT2D eigenvalue weighted by Gasteiger charge is 2.13. The lowest BCUT2D eigenvalue weighted by Gasteiger charge is -2.14. The van der Waals surface area contributed by atoms with Crippen molar-refractivity contribution in [1.29, 1.82) is 0 Å². The number of hydrogen-bond donors (Lipinski definition) is 2. The normalized spacial score (nSPS) is 12.6. The number of nitrogens with one attached hydrogen (secondary N) is 2. The van der Waals surface area contributed by atoms with Gasteiger partial charge in [0, 0.05) is 11.4 Å². The molecule has 0 spiro atoms. The number of benzene rings is 2. The summed E-state index contributed by atoms with van der Waals surface area (Å²) < 4.78 is 9.42. The molecule has 0 radical (unpaired) electrons. The molecule has 0 aliphatic carbocycles. The molecule has 144 valence electrons. The molecule has 6 heteroatoms. The third-order valence-corrected chi connectivity index (χ3v) is 4.19. The number of methoxy groups -OCH3 is 2. The Morgan fingerprint density at radius 1 is 0.741 bits per heavy atom. The molecular formula is C21H26N2O4. The first-order valence-corrected chi connectivity index (χ1v) is 8.79. The Hall–Kier alpha value is -3.02. The fourth-order valence-corrected chi connectivity index (χ4v) is 2.64. The van der Waals surface area contributed by atoms with E-state index >= 15 is 0 Å². The fourth-order valence-electron chi connectivity index (χ4n) is 2.64. The number of hydrogen-bond acceptors (Lipinski definition) is 6. The monoisotopic (exact) mass is 370 g/mol. The van der Waals surface area contributed by atoms with Gasteiger partial charge in [-0.05, 0) is 55.7 Å². The molecule has 27 heavy (non-hydrogen) atoms. The molecule has 0 saturated carbocycles. The third-order valence-electron chi connectivity index (χ3n) is 4.19. The van der Waals surface area contributed by atoms with Gasteiger partial charge in [0.25, 0.3) is 0 Å². The highest BCUT2D eigenvalue weighted by Crippen LogP contribution is 2.17. The smallest absolute Gasteiger partial charge is 0.327 e. The van der Waals surface area contributed by atoms with Crippen LogP contribution in [0.1, 0.15) is 25.0 Å². The van der Waals surface area contributed by atoms with E-state index in [9.17, 15) is 9.59 Å². The molecule has 2 rings (SSSR count). The molecule has 0 heterocycles. The van der Waals surface area contributed by atoms with E-state index in [0.717, 1.165) is 28.9 Å². The van der Waals surface area contributed by atoms with Crippen LogP contribution < -0.4 is 10.6 Å². The molecule has 0 aliphatic rings. The summed E-state index contributed by atoms with van der Waals surface area (Å²) in [6, 6.07) is 15.1. The number of rotatable bonds is 8. The maximum atomic E-state index is 11.5. The zero-order valence-electron chi connectivity index (χ0n) is 16.1. The van der Waals surface area contributed by atoms with Crippen LogP contribution in [-0.2, 0) is 25.5 Å². The van der Waals surface area contributed by atoms with Crippen molar-refractivity contribution >= 4 is 23.3 Å². The second-order valence-corrected chi connectivity index (χ2v) is 6.35. The van der Waals surface area contributed by atoms with Crippen LogP contribution in [0.25, 0.3) is 0 Å². The van der Waals surface area contributed by atoms with Crippen molar-refractivity contribution in [2.75, 3.05) is 24.9 Å². The van der Waals surface area contributed by atoms with Gasteiger partial charge in [0.2, 0.25) is 0 Å². The second-order valence-electron chi connectivity index (χ2n) is 6.35. The van der Waals surface area contributed by atoms with Crippen LogP contribution in [0.5, 0.6) is 0 Å². The lowest BCUT2D eigenvalue weighted by Crippen LogP contribution is -2.27. The Labute approximate surface area is 159 Å². The highest BCUT2D eigenvalue weighted by molar-refractivity contribution is 5.79. The summed E-state index contributed by atoms with van der Waals surface area (Å²) in [5.74, 6) is -0.594. The number of carbonyl (C=O) groups is 2. The number of carbonyl (C=O) groups excluding carboxylic acids is 2. The molecule has 0 bridgehead atoms. The van der Waals surface area contributed by atoms with Gasteiger partial charge in [-0.1, -0.05) is 24.3 Å². The maximum Gasteiger partial charge on any atom is 0.327 e. The lowest BCUT2D eigenvalue weighted by molar-refractivity contribution is -0.141. The van der Waals surface area contributed by atoms with E-state index in [-0.39, 0.29) is 11.9 Å². The van der Waals surface area contributed by atoms with Gasteiger partial charge in [-0.2, -0.15) is 0 Å². The molecule has 6 nitrogen and oxygen atoms in total. The molecule has 0 saturated heterocycles. The lowest BCUT2D eigenvalue weighted by atomic mass is 10.0. The van der Waals surface area contributed by atoms with Crippen LogP contribution in [0.2, 0.25) is 0 Å². The Bertz CT molecular complexity index is 691. The second kappa shape index (κ2) is 9.62. The molecule has 2 N–H and O–H groups in total. The molecule has 0 fully saturated rings. The van der Waals surface area contributed by atoms with Gasteiger partial charge in [-0.25, -0.2) is 9.59 Å². The van der Waals surface area contributed by atoms with Crippen LogP contribution in [0, 0.1) is 0 Å². The van der Waals surface area contributed by atoms with Gasteiger partial charge >= 0.3 is 11.9 Å². The predicted molar refractivity (Wildman–Crippen MR) is 106 cm³/mol. The molecule has 2 aromatic carbocycles. The van der Waals surface area contributed by atoms with E-state index in [0.29, 0.717) is 0 Å². The summed E-state index contributed by atoms with van der Waals surface area (Å²) in [7, 11) is 2.75. The average Bonchev–Trinajstić information content (AvgIpc) is 2.69. The van der Waals surface area contributed by atoms with Gasteiger partial charge in [-0.3, -0.25) is 0 Å². The minimum Gasteiger partial charge on any atom is -0.467 e. The summed E-state index contributed by atoms with van der Waals surface area (Å²) in [6.07, 6.45) is 0.791. The standard InChI is InChI=1S/C21H26N2O4/c1-14(20(24)26-3)22-18-9-5-16(6-10-18)13-17-7-11-19(12-8-17)23-15(2)21(25)27-4/h5-12,14-15,22-23H,13H2,1-4H3/t14-,15-/m1/s1. The van der Waals surface area contributed by atoms with Gasteiger partial charge in [0.05, 0.1) is 14.2 Å². The Kier molecular flexibility index (Phi) is 7.23.